The first-order chi connectivity index (χ1) is 9.49. The van der Waals surface area contributed by atoms with Crippen molar-refractivity contribution < 1.29 is 4.74 Å². The van der Waals surface area contributed by atoms with Gasteiger partial charge in [0.2, 0.25) is 0 Å². The van der Waals surface area contributed by atoms with Crippen molar-refractivity contribution in [1.29, 1.82) is 0 Å². The number of nitrogens with zero attached hydrogens (tertiary/aromatic N) is 1. The molecule has 20 heavy (non-hydrogen) atoms. The van der Waals surface area contributed by atoms with Crippen LogP contribution in [-0.4, -0.2) is 50.8 Å². The predicted octanol–water partition coefficient (Wildman–Crippen LogP) is 3.15. The van der Waals surface area contributed by atoms with Gasteiger partial charge in [0, 0.05) is 32.8 Å². The molecule has 1 saturated carbocycles. The average Bonchev–Trinajstić information content (AvgIpc) is 2.82. The Bertz CT molecular complexity index is 247. The Morgan fingerprint density at radius 2 is 1.80 bits per heavy atom. The van der Waals surface area contributed by atoms with Crippen molar-refractivity contribution in [3.8, 4) is 0 Å². The summed E-state index contributed by atoms with van der Waals surface area (Å²) in [7, 11) is 1.80. The topological polar surface area (TPSA) is 24.5 Å². The van der Waals surface area contributed by atoms with Gasteiger partial charge in [-0.1, -0.05) is 26.7 Å². The lowest BCUT2D eigenvalue weighted by atomic mass is 9.85. The molecule has 3 nitrogen and oxygen atoms in total. The molecule has 3 heteroatoms. The summed E-state index contributed by atoms with van der Waals surface area (Å²) in [4.78, 5) is 2.60. The maximum atomic E-state index is 5.28. The highest BCUT2D eigenvalue weighted by Gasteiger charge is 2.35. The fourth-order valence-corrected chi connectivity index (χ4v) is 3.30. The van der Waals surface area contributed by atoms with Crippen molar-refractivity contribution in [3.05, 3.63) is 0 Å². The first-order valence-corrected chi connectivity index (χ1v) is 8.43. The third-order valence-corrected chi connectivity index (χ3v) is 4.57. The molecule has 0 aromatic heterocycles. The zero-order valence-corrected chi connectivity index (χ0v) is 14.4. The van der Waals surface area contributed by atoms with E-state index < -0.39 is 0 Å². The van der Waals surface area contributed by atoms with Gasteiger partial charge in [0.1, 0.15) is 0 Å². The highest BCUT2D eigenvalue weighted by Crippen LogP contribution is 2.38. The lowest BCUT2D eigenvalue weighted by molar-refractivity contribution is 0.0844. The van der Waals surface area contributed by atoms with Crippen LogP contribution >= 0.6 is 0 Å². The summed E-state index contributed by atoms with van der Waals surface area (Å²) in [5.41, 5.74) is 0.493. The van der Waals surface area contributed by atoms with E-state index in [0.717, 1.165) is 25.6 Å². The number of hydrogen-bond acceptors (Lipinski definition) is 3. The SMILES string of the molecule is COCCN(CC1(CNCC(C)C)CCCC1)C(C)C. The Hall–Kier alpha value is -0.120. The number of methoxy groups -OCH3 is 1. The summed E-state index contributed by atoms with van der Waals surface area (Å²) in [5.74, 6) is 0.739. The van der Waals surface area contributed by atoms with Gasteiger partial charge in [-0.25, -0.2) is 0 Å². The molecule has 0 aliphatic heterocycles. The molecule has 0 atom stereocenters. The lowest BCUT2D eigenvalue weighted by Crippen LogP contribution is -2.46. The molecule has 120 valence electrons. The molecule has 0 amide bonds. The van der Waals surface area contributed by atoms with Gasteiger partial charge >= 0.3 is 0 Å². The van der Waals surface area contributed by atoms with Crippen LogP contribution in [0.25, 0.3) is 0 Å². The van der Waals surface area contributed by atoms with E-state index in [9.17, 15) is 0 Å². The second-order valence-corrected chi connectivity index (χ2v) is 7.29. The molecule has 0 unspecified atom stereocenters. The van der Waals surface area contributed by atoms with Crippen molar-refractivity contribution in [1.82, 2.24) is 10.2 Å². The lowest BCUT2D eigenvalue weighted by Gasteiger charge is -2.38. The van der Waals surface area contributed by atoms with Crippen LogP contribution in [0.1, 0.15) is 53.4 Å². The van der Waals surface area contributed by atoms with E-state index in [0.29, 0.717) is 11.5 Å². The normalized spacial score (nSPS) is 18.6. The molecule has 1 fully saturated rings. The Balaban J connectivity index is 2.54. The monoisotopic (exact) mass is 284 g/mol. The van der Waals surface area contributed by atoms with Crippen LogP contribution in [0.4, 0.5) is 0 Å². The van der Waals surface area contributed by atoms with Crippen molar-refractivity contribution in [2.45, 2.75) is 59.4 Å². The summed E-state index contributed by atoms with van der Waals surface area (Å²) in [6.07, 6.45) is 5.57. The van der Waals surface area contributed by atoms with E-state index in [1.165, 1.54) is 38.8 Å². The summed E-state index contributed by atoms with van der Waals surface area (Å²) in [6, 6.07) is 0.604. The Morgan fingerprint density at radius 3 is 2.30 bits per heavy atom. The van der Waals surface area contributed by atoms with E-state index in [1.54, 1.807) is 7.11 Å². The fraction of sp³-hybridized carbons (Fsp3) is 1.00. The summed E-state index contributed by atoms with van der Waals surface area (Å²) in [5, 5.41) is 3.71. The largest absolute Gasteiger partial charge is 0.383 e. The van der Waals surface area contributed by atoms with Crippen molar-refractivity contribution in [2.75, 3.05) is 39.9 Å². The van der Waals surface area contributed by atoms with Gasteiger partial charge in [-0.15, -0.1) is 0 Å². The van der Waals surface area contributed by atoms with E-state index in [1.807, 2.05) is 0 Å². The summed E-state index contributed by atoms with van der Waals surface area (Å²) in [6.45, 7) is 14.6. The fourth-order valence-electron chi connectivity index (χ4n) is 3.30. The van der Waals surface area contributed by atoms with Crippen LogP contribution < -0.4 is 5.32 Å². The molecule has 0 heterocycles. The Labute approximate surface area is 126 Å². The van der Waals surface area contributed by atoms with Crippen LogP contribution in [0.5, 0.6) is 0 Å². The minimum atomic E-state index is 0.493. The van der Waals surface area contributed by atoms with Gasteiger partial charge in [0.15, 0.2) is 0 Å². The zero-order valence-electron chi connectivity index (χ0n) is 14.4. The van der Waals surface area contributed by atoms with Gasteiger partial charge in [-0.05, 0) is 44.6 Å². The van der Waals surface area contributed by atoms with Gasteiger partial charge in [0.25, 0.3) is 0 Å². The summed E-state index contributed by atoms with van der Waals surface area (Å²) < 4.78 is 5.28. The van der Waals surface area contributed by atoms with E-state index in [4.69, 9.17) is 4.74 Å². The average molecular weight is 284 g/mol. The van der Waals surface area contributed by atoms with Gasteiger partial charge in [-0.2, -0.15) is 0 Å². The molecule has 1 aliphatic carbocycles. The minimum absolute atomic E-state index is 0.493. The highest BCUT2D eigenvalue weighted by atomic mass is 16.5. The number of nitrogens with one attached hydrogen (secondary N) is 1. The molecule has 1 rings (SSSR count). The number of rotatable bonds is 10. The highest BCUT2D eigenvalue weighted by molar-refractivity contribution is 4.90. The van der Waals surface area contributed by atoms with Gasteiger partial charge in [-0.3, -0.25) is 4.90 Å². The molecular formula is C17H36N2O. The molecule has 0 aromatic rings. The van der Waals surface area contributed by atoms with Gasteiger partial charge in [0.05, 0.1) is 6.61 Å². The van der Waals surface area contributed by atoms with Crippen LogP contribution in [-0.2, 0) is 4.74 Å². The van der Waals surface area contributed by atoms with Crippen LogP contribution in [0.2, 0.25) is 0 Å². The molecule has 0 spiro atoms. The predicted molar refractivity (Wildman–Crippen MR) is 87.2 cm³/mol. The van der Waals surface area contributed by atoms with E-state index >= 15 is 0 Å². The Morgan fingerprint density at radius 1 is 1.15 bits per heavy atom. The molecule has 1 N–H and O–H groups in total. The zero-order chi connectivity index (χ0) is 15.0. The molecule has 0 saturated heterocycles. The second-order valence-electron chi connectivity index (χ2n) is 7.29. The molecule has 0 radical (unpaired) electrons. The molecular weight excluding hydrogens is 248 g/mol. The van der Waals surface area contributed by atoms with Crippen LogP contribution in [0.15, 0.2) is 0 Å². The van der Waals surface area contributed by atoms with E-state index in [-0.39, 0.29) is 0 Å². The third-order valence-electron chi connectivity index (χ3n) is 4.57. The second kappa shape index (κ2) is 9.01. The third kappa shape index (κ3) is 6.11. The summed E-state index contributed by atoms with van der Waals surface area (Å²) >= 11 is 0. The van der Waals surface area contributed by atoms with Crippen molar-refractivity contribution >= 4 is 0 Å². The minimum Gasteiger partial charge on any atom is -0.383 e. The smallest absolute Gasteiger partial charge is 0.0589 e. The first kappa shape index (κ1) is 17.9. The first-order valence-electron chi connectivity index (χ1n) is 8.43. The molecule has 0 bridgehead atoms. The standard InChI is InChI=1S/C17H36N2O/c1-15(2)12-18-13-17(8-6-7-9-17)14-19(16(3)4)10-11-20-5/h15-16,18H,6-14H2,1-5H3. The molecule has 0 aromatic carbocycles. The maximum Gasteiger partial charge on any atom is 0.0589 e. The van der Waals surface area contributed by atoms with Gasteiger partial charge < -0.3 is 10.1 Å². The van der Waals surface area contributed by atoms with Crippen LogP contribution in [0, 0.1) is 11.3 Å². The maximum absolute atomic E-state index is 5.28. The number of hydrogen-bond donors (Lipinski definition) is 1. The Kier molecular flexibility index (Phi) is 8.08. The number of ether oxygens (including phenoxy) is 1. The van der Waals surface area contributed by atoms with Crippen LogP contribution in [0.3, 0.4) is 0 Å². The van der Waals surface area contributed by atoms with E-state index in [2.05, 4.69) is 37.9 Å². The quantitative estimate of drug-likeness (QED) is 0.667. The van der Waals surface area contributed by atoms with Crippen molar-refractivity contribution in [2.24, 2.45) is 11.3 Å². The molecule has 1 aliphatic rings. The van der Waals surface area contributed by atoms with Crippen molar-refractivity contribution in [3.63, 3.8) is 0 Å².